The fraction of sp³-hybridized carbons (Fsp3) is 0.150. The number of aromatic nitrogens is 5. The molecular formula is C60H49N5. The third kappa shape index (κ3) is 6.17. The largest absolute Gasteiger partial charge is 0.307 e. The second-order valence-corrected chi connectivity index (χ2v) is 19.1. The van der Waals surface area contributed by atoms with Gasteiger partial charge < -0.3 is 4.57 Å². The van der Waals surface area contributed by atoms with Crippen molar-refractivity contribution in [2.75, 3.05) is 0 Å². The molecule has 12 rings (SSSR count). The van der Waals surface area contributed by atoms with Gasteiger partial charge in [0.2, 0.25) is 5.95 Å². The lowest BCUT2D eigenvalue weighted by atomic mass is 9.57. The first kappa shape index (κ1) is 39.0. The van der Waals surface area contributed by atoms with Crippen LogP contribution in [0.15, 0.2) is 188 Å². The Labute approximate surface area is 379 Å². The molecule has 1 atom stereocenters. The van der Waals surface area contributed by atoms with Crippen LogP contribution in [-0.4, -0.2) is 24.1 Å². The Bertz CT molecular complexity index is 3650. The molecule has 0 N–H and O–H groups in total. The van der Waals surface area contributed by atoms with Crippen LogP contribution in [0, 0.1) is 5.92 Å². The number of benzene rings is 8. The second kappa shape index (κ2) is 14.7. The van der Waals surface area contributed by atoms with Gasteiger partial charge in [-0.05, 0) is 86.9 Å². The van der Waals surface area contributed by atoms with Gasteiger partial charge in [-0.1, -0.05) is 192 Å². The van der Waals surface area contributed by atoms with Gasteiger partial charge in [-0.15, -0.1) is 0 Å². The summed E-state index contributed by atoms with van der Waals surface area (Å²) in [4.78, 5) is 16.0. The molecule has 3 heterocycles. The molecule has 1 aliphatic rings. The minimum Gasteiger partial charge on any atom is -0.307 e. The van der Waals surface area contributed by atoms with Gasteiger partial charge in [0.25, 0.3) is 0 Å². The number of para-hydroxylation sites is 2. The second-order valence-electron chi connectivity index (χ2n) is 19.1. The van der Waals surface area contributed by atoms with Gasteiger partial charge in [0, 0.05) is 38.4 Å². The van der Waals surface area contributed by atoms with E-state index in [9.17, 15) is 0 Å². The fourth-order valence-corrected chi connectivity index (χ4v) is 11.0. The molecule has 0 bridgehead atoms. The molecule has 0 amide bonds. The van der Waals surface area contributed by atoms with Gasteiger partial charge in [0.05, 0.1) is 22.1 Å². The SMILES string of the molecule is CC1CC(C)(C)c2cccc(-c3cccc(-n4c5ccccc5c5ccc6c7ccccc7n(-c7nc(-c8ccccc8)nc(-c8cccc(-c9ccccc9)c8)n7)c6c54)c3)c2C1(C)C. The summed E-state index contributed by atoms with van der Waals surface area (Å²) >= 11 is 0. The number of nitrogens with zero attached hydrogens (tertiary/aromatic N) is 5. The highest BCUT2D eigenvalue weighted by molar-refractivity contribution is 6.23. The molecular weight excluding hydrogens is 791 g/mol. The fourth-order valence-electron chi connectivity index (χ4n) is 11.0. The van der Waals surface area contributed by atoms with Crippen LogP contribution in [0.5, 0.6) is 0 Å². The van der Waals surface area contributed by atoms with E-state index in [1.807, 2.05) is 24.3 Å². The number of hydrogen-bond donors (Lipinski definition) is 0. The monoisotopic (exact) mass is 839 g/mol. The molecule has 0 saturated heterocycles. The predicted molar refractivity (Wildman–Crippen MR) is 270 cm³/mol. The van der Waals surface area contributed by atoms with Crippen LogP contribution in [-0.2, 0) is 10.8 Å². The van der Waals surface area contributed by atoms with Crippen molar-refractivity contribution < 1.29 is 0 Å². The molecule has 314 valence electrons. The predicted octanol–water partition coefficient (Wildman–Crippen LogP) is 15.3. The molecule has 65 heavy (non-hydrogen) atoms. The highest BCUT2D eigenvalue weighted by Crippen LogP contribution is 2.52. The van der Waals surface area contributed by atoms with Gasteiger partial charge in [-0.25, -0.2) is 4.98 Å². The molecule has 5 nitrogen and oxygen atoms in total. The minimum absolute atomic E-state index is 0.0161. The van der Waals surface area contributed by atoms with Crippen LogP contribution < -0.4 is 0 Å². The topological polar surface area (TPSA) is 48.5 Å². The van der Waals surface area contributed by atoms with Crippen molar-refractivity contribution in [3.8, 4) is 56.7 Å². The first-order valence-corrected chi connectivity index (χ1v) is 22.8. The minimum atomic E-state index is 0.0161. The van der Waals surface area contributed by atoms with E-state index in [1.165, 1.54) is 33.0 Å². The van der Waals surface area contributed by atoms with Crippen LogP contribution in [0.4, 0.5) is 0 Å². The van der Waals surface area contributed by atoms with Crippen LogP contribution in [0.3, 0.4) is 0 Å². The number of fused-ring (bicyclic) bond motifs is 8. The molecule has 0 fully saturated rings. The highest BCUT2D eigenvalue weighted by Gasteiger charge is 2.43. The number of rotatable bonds is 6. The molecule has 3 aromatic heterocycles. The van der Waals surface area contributed by atoms with Crippen molar-refractivity contribution in [3.05, 3.63) is 199 Å². The molecule has 0 radical (unpaired) electrons. The molecule has 0 aliphatic heterocycles. The molecule has 0 spiro atoms. The van der Waals surface area contributed by atoms with E-state index in [4.69, 9.17) is 15.0 Å². The average molecular weight is 840 g/mol. The maximum absolute atomic E-state index is 5.43. The van der Waals surface area contributed by atoms with E-state index in [0.29, 0.717) is 23.5 Å². The van der Waals surface area contributed by atoms with E-state index in [-0.39, 0.29) is 10.8 Å². The molecule has 1 aliphatic carbocycles. The van der Waals surface area contributed by atoms with Crippen LogP contribution in [0.1, 0.15) is 52.2 Å². The Morgan fingerprint density at radius 3 is 1.69 bits per heavy atom. The zero-order valence-electron chi connectivity index (χ0n) is 37.4. The van der Waals surface area contributed by atoms with Gasteiger partial charge in [-0.2, -0.15) is 9.97 Å². The lowest BCUT2D eigenvalue weighted by Gasteiger charge is -2.47. The zero-order valence-corrected chi connectivity index (χ0v) is 37.4. The van der Waals surface area contributed by atoms with Crippen molar-refractivity contribution in [3.63, 3.8) is 0 Å². The van der Waals surface area contributed by atoms with Gasteiger partial charge in [0.15, 0.2) is 11.6 Å². The van der Waals surface area contributed by atoms with Crippen molar-refractivity contribution in [2.24, 2.45) is 5.92 Å². The smallest absolute Gasteiger partial charge is 0.238 e. The Morgan fingerprint density at radius 1 is 0.446 bits per heavy atom. The highest BCUT2D eigenvalue weighted by atomic mass is 15.2. The van der Waals surface area contributed by atoms with Crippen LogP contribution >= 0.6 is 0 Å². The van der Waals surface area contributed by atoms with Crippen molar-refractivity contribution in [2.45, 2.75) is 51.9 Å². The third-order valence-electron chi connectivity index (χ3n) is 14.5. The Kier molecular flexibility index (Phi) is 8.83. The lowest BCUT2D eigenvalue weighted by Crippen LogP contribution is -2.40. The van der Waals surface area contributed by atoms with Crippen LogP contribution in [0.25, 0.3) is 100 Å². The first-order valence-electron chi connectivity index (χ1n) is 22.8. The first-order chi connectivity index (χ1) is 31.7. The summed E-state index contributed by atoms with van der Waals surface area (Å²) in [7, 11) is 0. The zero-order chi connectivity index (χ0) is 44.0. The molecule has 0 saturated carbocycles. The summed E-state index contributed by atoms with van der Waals surface area (Å²) in [6.07, 6.45) is 1.16. The van der Waals surface area contributed by atoms with Crippen LogP contribution in [0.2, 0.25) is 0 Å². The Morgan fingerprint density at radius 2 is 0.985 bits per heavy atom. The Balaban J connectivity index is 1.15. The normalized spacial score (nSPS) is 15.5. The Hall–Kier alpha value is -7.63. The quantitative estimate of drug-likeness (QED) is 0.168. The van der Waals surface area contributed by atoms with E-state index < -0.39 is 0 Å². The summed E-state index contributed by atoms with van der Waals surface area (Å²) < 4.78 is 4.76. The summed E-state index contributed by atoms with van der Waals surface area (Å²) in [5, 5.41) is 4.64. The summed E-state index contributed by atoms with van der Waals surface area (Å²) in [6, 6.07) is 67.5. The maximum atomic E-state index is 5.43. The van der Waals surface area contributed by atoms with E-state index in [0.717, 1.165) is 67.2 Å². The molecule has 8 aromatic carbocycles. The van der Waals surface area contributed by atoms with E-state index >= 15 is 0 Å². The maximum Gasteiger partial charge on any atom is 0.238 e. The average Bonchev–Trinajstić information content (AvgIpc) is 3.87. The van der Waals surface area contributed by atoms with Crippen molar-refractivity contribution in [1.29, 1.82) is 0 Å². The third-order valence-corrected chi connectivity index (χ3v) is 14.5. The van der Waals surface area contributed by atoms with Gasteiger partial charge >= 0.3 is 0 Å². The number of hydrogen-bond acceptors (Lipinski definition) is 3. The summed E-state index contributed by atoms with van der Waals surface area (Å²) in [5.41, 5.74) is 15.1. The van der Waals surface area contributed by atoms with Gasteiger partial charge in [-0.3, -0.25) is 4.57 Å². The molecule has 11 aromatic rings. The van der Waals surface area contributed by atoms with Crippen molar-refractivity contribution >= 4 is 43.6 Å². The van der Waals surface area contributed by atoms with Gasteiger partial charge in [0.1, 0.15) is 0 Å². The summed E-state index contributed by atoms with van der Waals surface area (Å²) in [5.74, 6) is 2.34. The molecule has 5 heteroatoms. The lowest BCUT2D eigenvalue weighted by molar-refractivity contribution is 0.234. The van der Waals surface area contributed by atoms with E-state index in [2.05, 4.69) is 208 Å². The summed E-state index contributed by atoms with van der Waals surface area (Å²) in [6.45, 7) is 12.1. The standard InChI is InChI=1S/C60H49N5/c1-38-37-59(2,3)50-30-18-29-45(53(50)60(38,4)5)42-24-17-26-44(36-42)64-51-31-14-12-27-46(51)48-33-34-49-47-28-13-15-32-52(47)65(55(49)54(48)64)58-62-56(40-21-10-7-11-22-40)61-57(63-58)43-25-16-23-41(35-43)39-19-8-6-9-20-39/h6-36,38H,37H2,1-5H3. The van der Waals surface area contributed by atoms with Crippen molar-refractivity contribution in [1.82, 2.24) is 24.1 Å². The van der Waals surface area contributed by atoms with E-state index in [1.54, 1.807) is 0 Å². The molecule has 1 unspecified atom stereocenters.